The number of amides is 3. The maximum Gasteiger partial charge on any atom is 0.270 e. The normalized spacial score (nSPS) is 21.6. The van der Waals surface area contributed by atoms with Gasteiger partial charge in [-0.05, 0) is 31.7 Å². The number of ether oxygens (including phenoxy) is 2. The summed E-state index contributed by atoms with van der Waals surface area (Å²) in [6, 6.07) is 2.87. The zero-order valence-corrected chi connectivity index (χ0v) is 16.3. The third kappa shape index (κ3) is 6.19. The Morgan fingerprint density at radius 1 is 1.32 bits per heavy atom. The van der Waals surface area contributed by atoms with E-state index in [1.165, 1.54) is 13.3 Å². The minimum atomic E-state index is -0.595. The molecule has 1 aromatic rings. The Morgan fingerprint density at radius 2 is 2.11 bits per heavy atom. The van der Waals surface area contributed by atoms with Gasteiger partial charge in [0.05, 0.1) is 25.8 Å². The molecule has 0 spiro atoms. The van der Waals surface area contributed by atoms with Crippen LogP contribution in [0, 0.1) is 5.92 Å². The molecule has 1 saturated carbocycles. The van der Waals surface area contributed by atoms with Gasteiger partial charge in [-0.1, -0.05) is 6.92 Å². The summed E-state index contributed by atoms with van der Waals surface area (Å²) in [4.78, 5) is 39.9. The topological polar surface area (TPSA) is 133 Å². The molecule has 28 heavy (non-hydrogen) atoms. The molecule has 0 saturated heterocycles. The average Bonchev–Trinajstić information content (AvgIpc) is 2.70. The van der Waals surface area contributed by atoms with Gasteiger partial charge >= 0.3 is 0 Å². The molecule has 3 amide bonds. The number of nitrogens with two attached hydrogens (primary N) is 1. The molecular weight excluding hydrogens is 364 g/mol. The van der Waals surface area contributed by atoms with Gasteiger partial charge in [0.2, 0.25) is 11.8 Å². The molecule has 154 valence electrons. The third-order valence-electron chi connectivity index (χ3n) is 4.65. The van der Waals surface area contributed by atoms with Crippen LogP contribution in [-0.4, -0.2) is 55.1 Å². The van der Waals surface area contributed by atoms with Crippen molar-refractivity contribution in [1.82, 2.24) is 15.6 Å². The van der Waals surface area contributed by atoms with Gasteiger partial charge in [-0.15, -0.1) is 0 Å². The molecule has 0 aromatic carbocycles. The summed E-state index contributed by atoms with van der Waals surface area (Å²) in [6.07, 6.45) is 3.83. The number of nitrogens with zero attached hydrogens (tertiary/aromatic N) is 1. The molecule has 9 nitrogen and oxygen atoms in total. The lowest BCUT2D eigenvalue weighted by Gasteiger charge is -2.35. The van der Waals surface area contributed by atoms with Crippen molar-refractivity contribution < 1.29 is 23.9 Å². The SMILES string of the molecule is CCCO[C@@H]1CC[C@H](C(=O)NCC(N)=O)C[C@H]1NC(=O)c1cc(OC)ccn1. The third-order valence-corrected chi connectivity index (χ3v) is 4.65. The molecule has 0 radical (unpaired) electrons. The van der Waals surface area contributed by atoms with Gasteiger partial charge in [-0.25, -0.2) is 0 Å². The van der Waals surface area contributed by atoms with Crippen LogP contribution in [0.5, 0.6) is 5.75 Å². The first-order valence-corrected chi connectivity index (χ1v) is 9.43. The number of rotatable bonds is 9. The summed E-state index contributed by atoms with van der Waals surface area (Å²) in [5.41, 5.74) is 5.31. The lowest BCUT2D eigenvalue weighted by atomic mass is 9.83. The first kappa shape index (κ1) is 21.6. The minimum Gasteiger partial charge on any atom is -0.497 e. The zero-order valence-electron chi connectivity index (χ0n) is 16.3. The van der Waals surface area contributed by atoms with Crippen molar-refractivity contribution in [3.05, 3.63) is 24.0 Å². The van der Waals surface area contributed by atoms with Gasteiger partial charge in [0, 0.05) is 24.8 Å². The second-order valence-electron chi connectivity index (χ2n) is 6.76. The molecule has 1 aromatic heterocycles. The van der Waals surface area contributed by atoms with Gasteiger partial charge in [0.1, 0.15) is 11.4 Å². The Hall–Kier alpha value is -2.68. The molecule has 3 atom stereocenters. The first-order chi connectivity index (χ1) is 13.4. The van der Waals surface area contributed by atoms with E-state index in [-0.39, 0.29) is 42.1 Å². The molecule has 9 heteroatoms. The van der Waals surface area contributed by atoms with Crippen LogP contribution < -0.4 is 21.1 Å². The van der Waals surface area contributed by atoms with Gasteiger partial charge < -0.3 is 25.8 Å². The van der Waals surface area contributed by atoms with E-state index in [1.807, 2.05) is 6.92 Å². The molecule has 0 unspecified atom stereocenters. The maximum absolute atomic E-state index is 12.6. The molecule has 1 fully saturated rings. The van der Waals surface area contributed by atoms with Gasteiger partial charge in [-0.3, -0.25) is 19.4 Å². The monoisotopic (exact) mass is 392 g/mol. The number of nitrogens with one attached hydrogen (secondary N) is 2. The number of hydrogen-bond acceptors (Lipinski definition) is 6. The predicted octanol–water partition coefficient (Wildman–Crippen LogP) is 0.385. The highest BCUT2D eigenvalue weighted by atomic mass is 16.5. The number of carbonyl (C=O) groups excluding carboxylic acids is 3. The van der Waals surface area contributed by atoms with Crippen LogP contribution in [0.4, 0.5) is 0 Å². The summed E-state index contributed by atoms with van der Waals surface area (Å²) >= 11 is 0. The highest BCUT2D eigenvalue weighted by Gasteiger charge is 2.35. The van der Waals surface area contributed by atoms with E-state index in [9.17, 15) is 14.4 Å². The van der Waals surface area contributed by atoms with E-state index in [1.54, 1.807) is 12.1 Å². The molecule has 1 aliphatic carbocycles. The zero-order chi connectivity index (χ0) is 20.5. The van der Waals surface area contributed by atoms with Gasteiger partial charge in [-0.2, -0.15) is 0 Å². The fourth-order valence-electron chi connectivity index (χ4n) is 3.22. The molecular formula is C19H28N4O5. The molecule has 4 N–H and O–H groups in total. The molecule has 1 aliphatic rings. The van der Waals surface area contributed by atoms with E-state index in [2.05, 4.69) is 15.6 Å². The van der Waals surface area contributed by atoms with E-state index in [4.69, 9.17) is 15.2 Å². The van der Waals surface area contributed by atoms with Crippen LogP contribution in [0.1, 0.15) is 43.1 Å². The van der Waals surface area contributed by atoms with E-state index < -0.39 is 5.91 Å². The molecule has 0 aliphatic heterocycles. The van der Waals surface area contributed by atoms with Gasteiger partial charge in [0.25, 0.3) is 5.91 Å². The van der Waals surface area contributed by atoms with Crippen molar-refractivity contribution in [1.29, 1.82) is 0 Å². The van der Waals surface area contributed by atoms with Crippen LogP contribution in [-0.2, 0) is 14.3 Å². The number of primary amides is 1. The molecule has 1 heterocycles. The smallest absolute Gasteiger partial charge is 0.270 e. The Bertz CT molecular complexity index is 697. The van der Waals surface area contributed by atoms with Crippen LogP contribution in [0.25, 0.3) is 0 Å². The summed E-state index contributed by atoms with van der Waals surface area (Å²) in [5.74, 6) is -0.989. The lowest BCUT2D eigenvalue weighted by Crippen LogP contribution is -2.51. The van der Waals surface area contributed by atoms with Crippen molar-refractivity contribution in [3.63, 3.8) is 0 Å². The number of carbonyl (C=O) groups is 3. The quantitative estimate of drug-likeness (QED) is 0.557. The Kier molecular flexibility index (Phi) is 8.19. The largest absolute Gasteiger partial charge is 0.497 e. The second kappa shape index (κ2) is 10.6. The summed E-state index contributed by atoms with van der Waals surface area (Å²) in [7, 11) is 1.52. The van der Waals surface area contributed by atoms with Crippen molar-refractivity contribution in [2.75, 3.05) is 20.3 Å². The fraction of sp³-hybridized carbons (Fsp3) is 0.579. The summed E-state index contributed by atoms with van der Waals surface area (Å²) in [5, 5.41) is 5.48. The Labute approximate surface area is 164 Å². The van der Waals surface area contributed by atoms with Gasteiger partial charge in [0.15, 0.2) is 0 Å². The van der Waals surface area contributed by atoms with Crippen molar-refractivity contribution in [2.45, 2.75) is 44.8 Å². The van der Waals surface area contributed by atoms with Crippen molar-refractivity contribution in [3.8, 4) is 5.75 Å². The van der Waals surface area contributed by atoms with Crippen LogP contribution in [0.3, 0.4) is 0 Å². The summed E-state index contributed by atoms with van der Waals surface area (Å²) < 4.78 is 11.0. The first-order valence-electron chi connectivity index (χ1n) is 9.43. The van der Waals surface area contributed by atoms with Crippen LogP contribution in [0.2, 0.25) is 0 Å². The number of aromatic nitrogens is 1. The average molecular weight is 392 g/mol. The van der Waals surface area contributed by atoms with Crippen LogP contribution >= 0.6 is 0 Å². The second-order valence-corrected chi connectivity index (χ2v) is 6.76. The number of methoxy groups -OCH3 is 1. The predicted molar refractivity (Wildman–Crippen MR) is 102 cm³/mol. The molecule has 0 bridgehead atoms. The maximum atomic E-state index is 12.6. The fourth-order valence-corrected chi connectivity index (χ4v) is 3.22. The summed E-state index contributed by atoms with van der Waals surface area (Å²) in [6.45, 7) is 2.39. The van der Waals surface area contributed by atoms with Crippen molar-refractivity contribution >= 4 is 17.7 Å². The van der Waals surface area contributed by atoms with E-state index >= 15 is 0 Å². The highest BCUT2D eigenvalue weighted by Crippen LogP contribution is 2.27. The van der Waals surface area contributed by atoms with E-state index in [0.29, 0.717) is 31.6 Å². The number of pyridine rings is 1. The Balaban J connectivity index is 2.06. The van der Waals surface area contributed by atoms with E-state index in [0.717, 1.165) is 6.42 Å². The Morgan fingerprint density at radius 3 is 2.79 bits per heavy atom. The highest BCUT2D eigenvalue weighted by molar-refractivity contribution is 5.93. The number of hydrogen-bond donors (Lipinski definition) is 3. The lowest BCUT2D eigenvalue weighted by molar-refractivity contribution is -0.129. The van der Waals surface area contributed by atoms with Crippen molar-refractivity contribution in [2.24, 2.45) is 11.7 Å². The standard InChI is InChI=1S/C19H28N4O5/c1-3-8-28-16-5-4-12(18(25)22-11-17(20)24)9-14(16)23-19(26)15-10-13(27-2)6-7-21-15/h6-7,10,12,14,16H,3-5,8-9,11H2,1-2H3,(H2,20,24)(H,22,25)(H,23,26)/t12-,14+,16+/m0/s1. The minimum absolute atomic E-state index is 0.185. The molecule has 2 rings (SSSR count). The van der Waals surface area contributed by atoms with Crippen LogP contribution in [0.15, 0.2) is 18.3 Å².